The van der Waals surface area contributed by atoms with Crippen LogP contribution in [0.3, 0.4) is 0 Å². The molecule has 0 bridgehead atoms. The first-order chi connectivity index (χ1) is 10.6. The van der Waals surface area contributed by atoms with Crippen LogP contribution in [0.2, 0.25) is 0 Å². The highest BCUT2D eigenvalue weighted by Crippen LogP contribution is 2.37. The second-order valence-corrected chi connectivity index (χ2v) is 5.61. The monoisotopic (exact) mass is 301 g/mol. The van der Waals surface area contributed by atoms with E-state index in [1.165, 1.54) is 0 Å². The van der Waals surface area contributed by atoms with Gasteiger partial charge in [0.25, 0.3) is 5.91 Å². The van der Waals surface area contributed by atoms with Gasteiger partial charge in [-0.15, -0.1) is 0 Å². The van der Waals surface area contributed by atoms with Gasteiger partial charge < -0.3 is 14.6 Å². The Kier molecular flexibility index (Phi) is 3.83. The molecule has 1 aliphatic rings. The maximum absolute atomic E-state index is 12.6. The lowest BCUT2D eigenvalue weighted by atomic mass is 9.96. The number of carbonyl (C=O) groups excluding carboxylic acids is 1. The summed E-state index contributed by atoms with van der Waals surface area (Å²) in [6.45, 7) is 1.75. The van der Waals surface area contributed by atoms with Gasteiger partial charge in [-0.05, 0) is 31.0 Å². The molecule has 3 rings (SSSR count). The zero-order valence-electron chi connectivity index (χ0n) is 12.8. The van der Waals surface area contributed by atoms with Gasteiger partial charge in [-0.3, -0.25) is 4.79 Å². The normalized spacial score (nSPS) is 16.5. The Balaban J connectivity index is 1.86. The van der Waals surface area contributed by atoms with Gasteiger partial charge in [0.05, 0.1) is 7.11 Å². The Labute approximate surface area is 128 Å². The number of aromatic nitrogens is 2. The van der Waals surface area contributed by atoms with Gasteiger partial charge in [-0.2, -0.15) is 4.98 Å². The first-order valence-corrected chi connectivity index (χ1v) is 7.40. The maximum Gasteiger partial charge on any atom is 0.252 e. The number of rotatable bonds is 4. The second kappa shape index (κ2) is 5.79. The number of aryl methyl sites for hydroxylation is 1. The third-order valence-electron chi connectivity index (χ3n) is 4.10. The predicted octanol–water partition coefficient (Wildman–Crippen LogP) is 2.59. The van der Waals surface area contributed by atoms with Crippen molar-refractivity contribution < 1.29 is 14.1 Å². The van der Waals surface area contributed by atoms with Gasteiger partial charge in [-0.25, -0.2) is 0 Å². The quantitative estimate of drug-likeness (QED) is 0.939. The molecule has 6 nitrogen and oxygen atoms in total. The molecule has 0 aliphatic heterocycles. The lowest BCUT2D eigenvalue weighted by Gasteiger charge is -2.26. The minimum absolute atomic E-state index is 0.150. The smallest absolute Gasteiger partial charge is 0.252 e. The molecule has 1 N–H and O–H groups in total. The summed E-state index contributed by atoms with van der Waals surface area (Å²) in [4.78, 5) is 16.9. The van der Waals surface area contributed by atoms with E-state index in [0.717, 1.165) is 25.7 Å². The molecular weight excluding hydrogens is 282 g/mol. The molecule has 1 aromatic carbocycles. The maximum atomic E-state index is 12.6. The van der Waals surface area contributed by atoms with Gasteiger partial charge >= 0.3 is 0 Å². The van der Waals surface area contributed by atoms with E-state index in [9.17, 15) is 4.79 Å². The summed E-state index contributed by atoms with van der Waals surface area (Å²) in [5.74, 6) is 1.59. The van der Waals surface area contributed by atoms with E-state index in [0.29, 0.717) is 23.0 Å². The van der Waals surface area contributed by atoms with Crippen molar-refractivity contribution in [3.8, 4) is 5.75 Å². The van der Waals surface area contributed by atoms with Crippen molar-refractivity contribution in [1.29, 1.82) is 0 Å². The van der Waals surface area contributed by atoms with E-state index < -0.39 is 5.54 Å². The van der Waals surface area contributed by atoms with Gasteiger partial charge in [0.1, 0.15) is 11.3 Å². The Morgan fingerprint density at radius 2 is 2.14 bits per heavy atom. The summed E-state index contributed by atoms with van der Waals surface area (Å²) < 4.78 is 10.3. The van der Waals surface area contributed by atoms with E-state index in [-0.39, 0.29) is 5.91 Å². The van der Waals surface area contributed by atoms with Crippen LogP contribution in [0.15, 0.2) is 28.8 Å². The second-order valence-electron chi connectivity index (χ2n) is 5.61. The van der Waals surface area contributed by atoms with Crippen LogP contribution in [0.5, 0.6) is 5.75 Å². The van der Waals surface area contributed by atoms with Crippen molar-refractivity contribution in [1.82, 2.24) is 15.5 Å². The third-order valence-corrected chi connectivity index (χ3v) is 4.10. The number of hydrogen-bond acceptors (Lipinski definition) is 5. The van der Waals surface area contributed by atoms with Gasteiger partial charge in [0.2, 0.25) is 5.89 Å². The fourth-order valence-electron chi connectivity index (χ4n) is 2.93. The molecule has 116 valence electrons. The molecule has 1 fully saturated rings. The van der Waals surface area contributed by atoms with E-state index in [1.54, 1.807) is 32.2 Å². The highest BCUT2D eigenvalue weighted by molar-refractivity contribution is 5.95. The average Bonchev–Trinajstić information content (AvgIpc) is 3.17. The first kappa shape index (κ1) is 14.6. The lowest BCUT2D eigenvalue weighted by Crippen LogP contribution is -2.44. The highest BCUT2D eigenvalue weighted by Gasteiger charge is 2.41. The molecule has 0 saturated heterocycles. The van der Waals surface area contributed by atoms with Crippen LogP contribution in [0, 0.1) is 6.92 Å². The molecule has 0 unspecified atom stereocenters. The van der Waals surface area contributed by atoms with Crippen LogP contribution in [-0.4, -0.2) is 23.2 Å². The highest BCUT2D eigenvalue weighted by atomic mass is 16.5. The first-order valence-electron chi connectivity index (χ1n) is 7.40. The molecule has 0 atom stereocenters. The Hall–Kier alpha value is -2.37. The third kappa shape index (κ3) is 2.68. The molecule has 1 aliphatic carbocycles. The number of hydrogen-bond donors (Lipinski definition) is 1. The summed E-state index contributed by atoms with van der Waals surface area (Å²) in [6.07, 6.45) is 3.71. The largest absolute Gasteiger partial charge is 0.497 e. The Morgan fingerprint density at radius 1 is 1.36 bits per heavy atom. The number of nitrogens with zero attached hydrogens (tertiary/aromatic N) is 2. The van der Waals surface area contributed by atoms with E-state index in [4.69, 9.17) is 9.26 Å². The summed E-state index contributed by atoms with van der Waals surface area (Å²) in [5.41, 5.74) is 0.0311. The van der Waals surface area contributed by atoms with Crippen molar-refractivity contribution in [3.63, 3.8) is 0 Å². The number of nitrogens with one attached hydrogen (secondary N) is 1. The van der Waals surface area contributed by atoms with Crippen molar-refractivity contribution in [2.45, 2.75) is 38.1 Å². The zero-order chi connectivity index (χ0) is 15.6. The van der Waals surface area contributed by atoms with E-state index >= 15 is 0 Å². The van der Waals surface area contributed by atoms with Crippen molar-refractivity contribution in [2.75, 3.05) is 7.11 Å². The van der Waals surface area contributed by atoms with Gasteiger partial charge in [-0.1, -0.05) is 24.1 Å². The number of amides is 1. The van der Waals surface area contributed by atoms with Crippen LogP contribution in [0.25, 0.3) is 0 Å². The molecule has 1 heterocycles. The summed E-state index contributed by atoms with van der Waals surface area (Å²) in [7, 11) is 1.58. The minimum Gasteiger partial charge on any atom is -0.497 e. The van der Waals surface area contributed by atoms with E-state index in [2.05, 4.69) is 15.5 Å². The van der Waals surface area contributed by atoms with Crippen LogP contribution in [-0.2, 0) is 5.54 Å². The van der Waals surface area contributed by atoms with E-state index in [1.807, 2.05) is 6.07 Å². The molecule has 2 aromatic rings. The lowest BCUT2D eigenvalue weighted by molar-refractivity contribution is 0.0891. The van der Waals surface area contributed by atoms with Crippen molar-refractivity contribution in [3.05, 3.63) is 41.5 Å². The molecule has 1 saturated carbocycles. The molecule has 0 radical (unpaired) electrons. The molecule has 0 spiro atoms. The zero-order valence-corrected chi connectivity index (χ0v) is 12.8. The fraction of sp³-hybridized carbons (Fsp3) is 0.438. The number of carbonyl (C=O) groups is 1. The van der Waals surface area contributed by atoms with Gasteiger partial charge in [0, 0.05) is 12.5 Å². The topological polar surface area (TPSA) is 77.2 Å². The Bertz CT molecular complexity index is 675. The molecule has 22 heavy (non-hydrogen) atoms. The molecular formula is C16H19N3O3. The number of methoxy groups -OCH3 is 1. The fourth-order valence-corrected chi connectivity index (χ4v) is 2.93. The Morgan fingerprint density at radius 3 is 2.77 bits per heavy atom. The van der Waals surface area contributed by atoms with Crippen LogP contribution in [0.4, 0.5) is 0 Å². The minimum atomic E-state index is -0.530. The summed E-state index contributed by atoms with van der Waals surface area (Å²) in [5, 5.41) is 7.13. The summed E-state index contributed by atoms with van der Waals surface area (Å²) in [6, 6.07) is 7.10. The average molecular weight is 301 g/mol. The molecule has 1 aromatic heterocycles. The molecule has 1 amide bonds. The molecule has 6 heteroatoms. The van der Waals surface area contributed by atoms with Crippen LogP contribution in [0.1, 0.15) is 47.8 Å². The number of benzene rings is 1. The van der Waals surface area contributed by atoms with Gasteiger partial charge in [0.15, 0.2) is 5.82 Å². The van der Waals surface area contributed by atoms with Crippen LogP contribution < -0.4 is 10.1 Å². The predicted molar refractivity (Wildman–Crippen MR) is 79.6 cm³/mol. The number of ether oxygens (including phenoxy) is 1. The summed E-state index contributed by atoms with van der Waals surface area (Å²) >= 11 is 0. The van der Waals surface area contributed by atoms with Crippen molar-refractivity contribution in [2.24, 2.45) is 0 Å². The standard InChI is InChI=1S/C16H19N3O3/c1-11-17-15(19-22-11)16(8-3-4-9-16)18-14(20)12-6-5-7-13(10-12)21-2/h5-7,10H,3-4,8-9H2,1-2H3,(H,18,20). The van der Waals surface area contributed by atoms with Crippen LogP contribution >= 0.6 is 0 Å². The van der Waals surface area contributed by atoms with Crippen molar-refractivity contribution >= 4 is 5.91 Å². The SMILES string of the molecule is COc1cccc(C(=O)NC2(c3noc(C)n3)CCCC2)c1.